The number of carbonyl (C=O) groups excluding carboxylic acids is 2. The highest BCUT2D eigenvalue weighted by Gasteiger charge is 2.46. The predicted octanol–water partition coefficient (Wildman–Crippen LogP) is 5.11. The van der Waals surface area contributed by atoms with Gasteiger partial charge in [-0.05, 0) is 67.1 Å². The van der Waals surface area contributed by atoms with Crippen LogP contribution in [0.1, 0.15) is 104 Å². The minimum atomic E-state index is -2.74. The maximum atomic E-state index is 14.0. The summed E-state index contributed by atoms with van der Waals surface area (Å²) < 4.78 is 60.7. The van der Waals surface area contributed by atoms with Gasteiger partial charge in [0.05, 0.1) is 30.2 Å². The van der Waals surface area contributed by atoms with Gasteiger partial charge in [0.1, 0.15) is 5.69 Å². The quantitative estimate of drug-likeness (QED) is 0.331. The van der Waals surface area contributed by atoms with Crippen molar-refractivity contribution in [2.75, 3.05) is 0 Å². The fourth-order valence-electron chi connectivity index (χ4n) is 6.38. The van der Waals surface area contributed by atoms with Crippen molar-refractivity contribution in [3.05, 3.63) is 41.1 Å². The lowest BCUT2D eigenvalue weighted by Crippen LogP contribution is -2.41. The summed E-state index contributed by atoms with van der Waals surface area (Å²) >= 11 is 0. The van der Waals surface area contributed by atoms with E-state index in [-0.39, 0.29) is 80.3 Å². The maximum absolute atomic E-state index is 14.0. The Labute approximate surface area is 239 Å². The van der Waals surface area contributed by atoms with Crippen molar-refractivity contribution in [3.8, 4) is 0 Å². The number of aromatic nitrogens is 5. The fraction of sp³-hybridized carbons (Fsp3) is 0.643. The molecule has 0 spiro atoms. The molecule has 0 radical (unpaired) electrons. The van der Waals surface area contributed by atoms with Crippen LogP contribution in [-0.4, -0.2) is 48.6 Å². The van der Waals surface area contributed by atoms with Crippen LogP contribution in [0.25, 0.3) is 5.65 Å². The van der Waals surface area contributed by atoms with E-state index in [4.69, 9.17) is 4.98 Å². The lowest BCUT2D eigenvalue weighted by molar-refractivity contribution is -0.134. The number of hydrogen-bond donors (Lipinski definition) is 2. The first kappa shape index (κ1) is 28.5. The smallest absolute Gasteiger partial charge is 0.276 e. The number of rotatable bonds is 9. The van der Waals surface area contributed by atoms with E-state index in [9.17, 15) is 27.2 Å². The summed E-state index contributed by atoms with van der Waals surface area (Å²) in [5.41, 5.74) is 2.00. The van der Waals surface area contributed by atoms with Gasteiger partial charge in [-0.2, -0.15) is 5.10 Å². The number of alkyl halides is 4. The highest BCUT2D eigenvalue weighted by molar-refractivity contribution is 5.93. The summed E-state index contributed by atoms with van der Waals surface area (Å²) in [6.45, 7) is 1.58. The Bertz CT molecular complexity index is 1450. The summed E-state index contributed by atoms with van der Waals surface area (Å²) in [7, 11) is 0. The second kappa shape index (κ2) is 10.9. The van der Waals surface area contributed by atoms with Crippen molar-refractivity contribution in [1.29, 1.82) is 0 Å². The average molecular weight is 592 g/mol. The molecule has 3 aliphatic rings. The molecular weight excluding hydrogens is 558 g/mol. The first-order valence-corrected chi connectivity index (χ1v) is 14.5. The zero-order chi connectivity index (χ0) is 29.6. The summed E-state index contributed by atoms with van der Waals surface area (Å²) in [6.07, 6.45) is 5.56. The van der Waals surface area contributed by atoms with Crippen LogP contribution in [0.5, 0.6) is 0 Å². The number of amides is 2. The van der Waals surface area contributed by atoms with Gasteiger partial charge < -0.3 is 10.6 Å². The van der Waals surface area contributed by atoms with Gasteiger partial charge in [0.2, 0.25) is 17.8 Å². The largest absolute Gasteiger partial charge is 0.349 e. The SMILES string of the molecule is Cc1nonc1C(=O)N[C@H](c1cn2ncc([C@@H](NC(=O)CC3CC(F)(F)C3)C3CCC3)cc2n1)C1CCC(F)(F)CC1. The molecule has 3 heterocycles. The highest BCUT2D eigenvalue weighted by atomic mass is 19.3. The molecular formula is C28H33F4N7O3. The molecule has 2 atom stereocenters. The monoisotopic (exact) mass is 591 g/mol. The van der Waals surface area contributed by atoms with Crippen molar-refractivity contribution in [2.24, 2.45) is 17.8 Å². The molecule has 0 aliphatic heterocycles. The molecule has 2 N–H and O–H groups in total. The Hall–Kier alpha value is -3.58. The van der Waals surface area contributed by atoms with Gasteiger partial charge in [0.25, 0.3) is 5.91 Å². The molecule has 3 fully saturated rings. The van der Waals surface area contributed by atoms with Gasteiger partial charge in [-0.3, -0.25) is 9.59 Å². The van der Waals surface area contributed by atoms with Crippen LogP contribution in [0.2, 0.25) is 0 Å². The van der Waals surface area contributed by atoms with E-state index < -0.39 is 23.8 Å². The standard InChI is InChI=1S/C28H33F4N7O3/c1-15-23(38-42-37-15)26(41)36-25(18-5-7-27(29,30)8-6-18)20-14-39-21(34-20)10-19(13-33-39)24(17-3-2-4-17)35-22(40)9-16-11-28(31,32)12-16/h10,13-14,16-18,24-25H,2-9,11-12H2,1H3,(H,35,40)(H,36,41)/t24-,25-/m0/s1. The maximum Gasteiger partial charge on any atom is 0.276 e. The van der Waals surface area contributed by atoms with Crippen LogP contribution < -0.4 is 10.6 Å². The summed E-state index contributed by atoms with van der Waals surface area (Å²) in [5.74, 6) is -6.63. The van der Waals surface area contributed by atoms with Crippen LogP contribution in [0.4, 0.5) is 17.6 Å². The fourth-order valence-corrected chi connectivity index (χ4v) is 6.38. The molecule has 14 heteroatoms. The molecule has 3 aromatic rings. The Kier molecular flexibility index (Phi) is 7.42. The van der Waals surface area contributed by atoms with E-state index in [0.717, 1.165) is 24.8 Å². The van der Waals surface area contributed by atoms with Gasteiger partial charge in [-0.25, -0.2) is 31.7 Å². The second-order valence-electron chi connectivity index (χ2n) is 12.2. The second-order valence-corrected chi connectivity index (χ2v) is 12.2. The molecule has 2 amide bonds. The lowest BCUT2D eigenvalue weighted by atomic mass is 9.76. The normalized spacial score (nSPS) is 22.2. The molecule has 226 valence electrons. The number of hydrogen-bond acceptors (Lipinski definition) is 7. The molecule has 0 unspecified atom stereocenters. The molecule has 3 aromatic heterocycles. The van der Waals surface area contributed by atoms with Gasteiger partial charge in [-0.15, -0.1) is 0 Å². The van der Waals surface area contributed by atoms with Crippen molar-refractivity contribution >= 4 is 17.5 Å². The number of aryl methyl sites for hydroxylation is 1. The van der Waals surface area contributed by atoms with Crippen LogP contribution in [0.3, 0.4) is 0 Å². The molecule has 0 aromatic carbocycles. The summed E-state index contributed by atoms with van der Waals surface area (Å²) in [5, 5.41) is 17.8. The molecule has 6 rings (SSSR count). The summed E-state index contributed by atoms with van der Waals surface area (Å²) in [4.78, 5) is 30.6. The van der Waals surface area contributed by atoms with Crippen molar-refractivity contribution in [2.45, 2.75) is 95.1 Å². The number of halogens is 4. The molecule has 42 heavy (non-hydrogen) atoms. The Morgan fingerprint density at radius 2 is 1.74 bits per heavy atom. The lowest BCUT2D eigenvalue weighted by Gasteiger charge is -2.37. The Morgan fingerprint density at radius 1 is 1.02 bits per heavy atom. The van der Waals surface area contributed by atoms with E-state index in [1.165, 1.54) is 0 Å². The van der Waals surface area contributed by atoms with Gasteiger partial charge >= 0.3 is 0 Å². The molecule has 10 nitrogen and oxygen atoms in total. The number of fused-ring (bicyclic) bond motifs is 1. The highest BCUT2D eigenvalue weighted by Crippen LogP contribution is 2.45. The van der Waals surface area contributed by atoms with E-state index >= 15 is 0 Å². The number of nitrogens with one attached hydrogen (secondary N) is 2. The first-order valence-electron chi connectivity index (χ1n) is 14.5. The Morgan fingerprint density at radius 3 is 2.36 bits per heavy atom. The Balaban J connectivity index is 1.24. The minimum Gasteiger partial charge on any atom is -0.349 e. The molecule has 3 saturated carbocycles. The van der Waals surface area contributed by atoms with E-state index in [0.29, 0.717) is 17.0 Å². The third kappa shape index (κ3) is 5.98. The van der Waals surface area contributed by atoms with Crippen LogP contribution in [0, 0.1) is 24.7 Å². The topological polar surface area (TPSA) is 127 Å². The van der Waals surface area contributed by atoms with Crippen molar-refractivity contribution < 1.29 is 31.8 Å². The first-order chi connectivity index (χ1) is 20.0. The van der Waals surface area contributed by atoms with E-state index in [1.807, 2.05) is 6.07 Å². The summed E-state index contributed by atoms with van der Waals surface area (Å²) in [6, 6.07) is 0.803. The minimum absolute atomic E-state index is 0.00927. The molecule has 0 bridgehead atoms. The van der Waals surface area contributed by atoms with Gasteiger partial charge in [-0.1, -0.05) is 11.6 Å². The number of nitrogens with zero attached hydrogens (tertiary/aromatic N) is 5. The predicted molar refractivity (Wildman–Crippen MR) is 140 cm³/mol. The van der Waals surface area contributed by atoms with E-state index in [2.05, 4.69) is 30.7 Å². The van der Waals surface area contributed by atoms with Crippen molar-refractivity contribution in [1.82, 2.24) is 35.5 Å². The zero-order valence-electron chi connectivity index (χ0n) is 23.2. The third-order valence-electron chi connectivity index (χ3n) is 9.01. The van der Waals surface area contributed by atoms with Crippen LogP contribution in [0.15, 0.2) is 23.1 Å². The van der Waals surface area contributed by atoms with Gasteiger partial charge in [0.15, 0.2) is 11.3 Å². The van der Waals surface area contributed by atoms with Gasteiger partial charge in [0, 0.05) is 32.1 Å². The van der Waals surface area contributed by atoms with Crippen LogP contribution >= 0.6 is 0 Å². The molecule has 3 aliphatic carbocycles. The number of carbonyl (C=O) groups is 2. The molecule has 0 saturated heterocycles. The average Bonchev–Trinajstić information content (AvgIpc) is 3.50. The third-order valence-corrected chi connectivity index (χ3v) is 9.01. The zero-order valence-corrected chi connectivity index (χ0v) is 23.2. The van der Waals surface area contributed by atoms with Crippen molar-refractivity contribution in [3.63, 3.8) is 0 Å². The van der Waals surface area contributed by atoms with Crippen LogP contribution in [-0.2, 0) is 4.79 Å². The van der Waals surface area contributed by atoms with E-state index in [1.54, 1.807) is 23.8 Å². The number of imidazole rings is 1.